The highest BCUT2D eigenvalue weighted by atomic mass is 35.5. The molecule has 1 unspecified atom stereocenters. The van der Waals surface area contributed by atoms with Crippen molar-refractivity contribution in [3.8, 4) is 0 Å². The third-order valence-corrected chi connectivity index (χ3v) is 5.22. The first kappa shape index (κ1) is 13.8. The molecule has 3 nitrogen and oxygen atoms in total. The van der Waals surface area contributed by atoms with E-state index in [1.54, 1.807) is 22.7 Å². The van der Waals surface area contributed by atoms with Crippen LogP contribution >= 0.6 is 34.3 Å². The minimum Gasteiger partial charge on any atom is -0.356 e. The van der Waals surface area contributed by atoms with Gasteiger partial charge in [-0.1, -0.05) is 6.07 Å². The average molecular weight is 324 g/mol. The van der Waals surface area contributed by atoms with Crippen molar-refractivity contribution in [2.75, 3.05) is 11.9 Å². The number of thiophene rings is 2. The fraction of sp³-hybridized carbons (Fsp3) is 0.286. The number of aromatic nitrogens is 2. The Hall–Kier alpha value is -1.17. The Balaban J connectivity index is 1.91. The molecule has 1 atom stereocenters. The monoisotopic (exact) mass is 323 g/mol. The second-order valence-corrected chi connectivity index (χ2v) is 6.96. The molecular weight excluding hydrogens is 310 g/mol. The number of halogens is 1. The van der Waals surface area contributed by atoms with E-state index in [2.05, 4.69) is 52.4 Å². The topological polar surface area (TPSA) is 29.0 Å². The van der Waals surface area contributed by atoms with E-state index in [0.717, 1.165) is 22.5 Å². The maximum absolute atomic E-state index is 6.03. The molecular formula is C14H14ClN3S2. The molecule has 0 aliphatic carbocycles. The van der Waals surface area contributed by atoms with Crippen LogP contribution in [0.5, 0.6) is 0 Å². The van der Waals surface area contributed by atoms with E-state index in [4.69, 9.17) is 11.6 Å². The summed E-state index contributed by atoms with van der Waals surface area (Å²) in [6.07, 6.45) is 1.00. The molecule has 3 rings (SSSR count). The molecule has 0 fully saturated rings. The summed E-state index contributed by atoms with van der Waals surface area (Å²) >= 11 is 9.41. The lowest BCUT2D eigenvalue weighted by Gasteiger charge is -2.26. The van der Waals surface area contributed by atoms with Gasteiger partial charge in [0.15, 0.2) is 0 Å². The predicted molar refractivity (Wildman–Crippen MR) is 88.3 cm³/mol. The van der Waals surface area contributed by atoms with Crippen molar-refractivity contribution in [2.45, 2.75) is 19.4 Å². The zero-order valence-corrected chi connectivity index (χ0v) is 13.6. The number of hydrogen-bond donors (Lipinski definition) is 0. The molecule has 20 heavy (non-hydrogen) atoms. The Kier molecular flexibility index (Phi) is 3.92. The van der Waals surface area contributed by atoms with Gasteiger partial charge in [0, 0.05) is 24.4 Å². The highest BCUT2D eigenvalue weighted by Crippen LogP contribution is 2.30. The van der Waals surface area contributed by atoms with Crippen LogP contribution in [0, 0.1) is 0 Å². The second-order valence-electron chi connectivity index (χ2n) is 4.70. The van der Waals surface area contributed by atoms with E-state index in [0.29, 0.717) is 11.3 Å². The quantitative estimate of drug-likeness (QED) is 0.663. The van der Waals surface area contributed by atoms with Crippen LogP contribution < -0.4 is 4.90 Å². The van der Waals surface area contributed by atoms with Gasteiger partial charge in [0.05, 0.1) is 5.39 Å². The van der Waals surface area contributed by atoms with Crippen LogP contribution in [0.2, 0.25) is 5.28 Å². The number of nitrogens with zero attached hydrogens (tertiary/aromatic N) is 3. The summed E-state index contributed by atoms with van der Waals surface area (Å²) in [5, 5.41) is 5.52. The molecule has 0 radical (unpaired) electrons. The summed E-state index contributed by atoms with van der Waals surface area (Å²) < 4.78 is 0. The van der Waals surface area contributed by atoms with Gasteiger partial charge in [0.25, 0.3) is 0 Å². The Labute approximate surface area is 130 Å². The fourth-order valence-electron chi connectivity index (χ4n) is 2.15. The van der Waals surface area contributed by atoms with Crippen molar-refractivity contribution < 1.29 is 0 Å². The first-order chi connectivity index (χ1) is 9.65. The molecule has 0 aliphatic heterocycles. The van der Waals surface area contributed by atoms with Crippen LogP contribution in [-0.4, -0.2) is 23.1 Å². The fourth-order valence-corrected chi connectivity index (χ4v) is 3.95. The normalized spacial score (nSPS) is 12.8. The molecule has 0 bridgehead atoms. The summed E-state index contributed by atoms with van der Waals surface area (Å²) in [5.74, 6) is 0.908. The van der Waals surface area contributed by atoms with Gasteiger partial charge < -0.3 is 4.90 Å². The average Bonchev–Trinajstić information content (AvgIpc) is 3.07. The third-order valence-electron chi connectivity index (χ3n) is 3.35. The Morgan fingerprint density at radius 1 is 1.25 bits per heavy atom. The molecule has 3 heterocycles. The maximum Gasteiger partial charge on any atom is 0.225 e. The van der Waals surface area contributed by atoms with Crippen LogP contribution in [-0.2, 0) is 6.42 Å². The van der Waals surface area contributed by atoms with Gasteiger partial charge in [-0.25, -0.2) is 4.98 Å². The maximum atomic E-state index is 6.03. The van der Waals surface area contributed by atoms with E-state index in [9.17, 15) is 0 Å². The molecule has 0 saturated carbocycles. The molecule has 6 heteroatoms. The highest BCUT2D eigenvalue weighted by molar-refractivity contribution is 7.16. The Bertz CT molecular complexity index is 708. The van der Waals surface area contributed by atoms with Crippen LogP contribution in [0.15, 0.2) is 29.0 Å². The predicted octanol–water partition coefficient (Wildman–Crippen LogP) is 4.47. The largest absolute Gasteiger partial charge is 0.356 e. The molecule has 3 aromatic rings. The SMILES string of the molecule is CC(Cc1cccs1)N(C)c1nc(Cl)nc2sccc12. The van der Waals surface area contributed by atoms with Crippen molar-refractivity contribution in [3.05, 3.63) is 39.1 Å². The van der Waals surface area contributed by atoms with E-state index >= 15 is 0 Å². The zero-order chi connectivity index (χ0) is 14.1. The molecule has 0 spiro atoms. The minimum absolute atomic E-state index is 0.310. The van der Waals surface area contributed by atoms with Gasteiger partial charge in [-0.15, -0.1) is 22.7 Å². The second kappa shape index (κ2) is 5.68. The molecule has 0 aromatic carbocycles. The van der Waals surface area contributed by atoms with Crippen LogP contribution in [0.1, 0.15) is 11.8 Å². The number of anilines is 1. The van der Waals surface area contributed by atoms with Crippen molar-refractivity contribution in [2.24, 2.45) is 0 Å². The van der Waals surface area contributed by atoms with E-state index in [1.165, 1.54) is 4.88 Å². The summed E-state index contributed by atoms with van der Waals surface area (Å²) in [6.45, 7) is 2.20. The van der Waals surface area contributed by atoms with Crippen LogP contribution in [0.25, 0.3) is 10.2 Å². The number of hydrogen-bond acceptors (Lipinski definition) is 5. The smallest absolute Gasteiger partial charge is 0.225 e. The third kappa shape index (κ3) is 2.66. The molecule has 0 aliphatic rings. The molecule has 104 valence electrons. The lowest BCUT2D eigenvalue weighted by molar-refractivity contribution is 0.682. The standard InChI is InChI=1S/C14H14ClN3S2/c1-9(8-10-4-3-6-19-10)18(2)12-11-5-7-20-13(11)17-14(15)16-12/h3-7,9H,8H2,1-2H3. The van der Waals surface area contributed by atoms with E-state index in [-0.39, 0.29) is 0 Å². The van der Waals surface area contributed by atoms with Crippen LogP contribution in [0.3, 0.4) is 0 Å². The van der Waals surface area contributed by atoms with E-state index in [1.807, 2.05) is 5.38 Å². The first-order valence-corrected chi connectivity index (χ1v) is 8.45. The number of fused-ring (bicyclic) bond motifs is 1. The van der Waals surface area contributed by atoms with Gasteiger partial charge in [-0.05, 0) is 41.4 Å². The van der Waals surface area contributed by atoms with Crippen molar-refractivity contribution >= 4 is 50.3 Å². The Morgan fingerprint density at radius 2 is 2.10 bits per heavy atom. The summed E-state index contributed by atoms with van der Waals surface area (Å²) in [7, 11) is 2.06. The van der Waals surface area contributed by atoms with Gasteiger partial charge in [-0.2, -0.15) is 4.98 Å². The molecule has 0 saturated heterocycles. The van der Waals surface area contributed by atoms with Crippen molar-refractivity contribution in [3.63, 3.8) is 0 Å². The zero-order valence-electron chi connectivity index (χ0n) is 11.2. The Morgan fingerprint density at radius 3 is 2.85 bits per heavy atom. The van der Waals surface area contributed by atoms with Gasteiger partial charge in [0.2, 0.25) is 5.28 Å². The minimum atomic E-state index is 0.310. The first-order valence-electron chi connectivity index (χ1n) is 6.31. The van der Waals surface area contributed by atoms with Gasteiger partial charge >= 0.3 is 0 Å². The summed E-state index contributed by atoms with van der Waals surface area (Å²) in [6, 6.07) is 6.66. The highest BCUT2D eigenvalue weighted by Gasteiger charge is 2.17. The van der Waals surface area contributed by atoms with E-state index < -0.39 is 0 Å². The summed E-state index contributed by atoms with van der Waals surface area (Å²) in [4.78, 5) is 13.2. The van der Waals surface area contributed by atoms with Gasteiger partial charge in [0.1, 0.15) is 10.6 Å². The van der Waals surface area contributed by atoms with Crippen molar-refractivity contribution in [1.29, 1.82) is 0 Å². The van der Waals surface area contributed by atoms with Gasteiger partial charge in [-0.3, -0.25) is 0 Å². The van der Waals surface area contributed by atoms with Crippen LogP contribution in [0.4, 0.5) is 5.82 Å². The lowest BCUT2D eigenvalue weighted by atomic mass is 10.2. The molecule has 0 amide bonds. The molecule has 0 N–H and O–H groups in total. The molecule has 3 aromatic heterocycles. The van der Waals surface area contributed by atoms with Crippen molar-refractivity contribution in [1.82, 2.24) is 9.97 Å². The summed E-state index contributed by atoms with van der Waals surface area (Å²) in [5.41, 5.74) is 0. The lowest BCUT2D eigenvalue weighted by Crippen LogP contribution is -2.31. The number of likely N-dealkylation sites (N-methyl/N-ethyl adjacent to an activating group) is 1. The number of rotatable bonds is 4.